The summed E-state index contributed by atoms with van der Waals surface area (Å²) in [4.78, 5) is 0. The predicted octanol–water partition coefficient (Wildman–Crippen LogP) is 5.81. The van der Waals surface area contributed by atoms with Crippen molar-refractivity contribution in [3.63, 3.8) is 0 Å². The van der Waals surface area contributed by atoms with Crippen molar-refractivity contribution in [3.8, 4) is 0 Å². The molecule has 2 nitrogen and oxygen atoms in total. The van der Waals surface area contributed by atoms with Gasteiger partial charge in [0.25, 0.3) is 0 Å². The zero-order valence-electron chi connectivity index (χ0n) is 15.1. The number of hydrogen-bond donors (Lipinski definition) is 2. The van der Waals surface area contributed by atoms with Crippen molar-refractivity contribution in [2.45, 2.75) is 116 Å². The van der Waals surface area contributed by atoms with Crippen molar-refractivity contribution in [1.29, 1.82) is 0 Å². The molecule has 1 unspecified atom stereocenters. The molecule has 0 saturated carbocycles. The Bertz CT molecular complexity index is 194. The minimum Gasteiger partial charge on any atom is -0.396 e. The summed E-state index contributed by atoms with van der Waals surface area (Å²) in [5.41, 5.74) is 0. The summed E-state index contributed by atoms with van der Waals surface area (Å²) in [6.45, 7) is 2.36. The van der Waals surface area contributed by atoms with Gasteiger partial charge in [-0.15, -0.1) is 0 Å². The van der Waals surface area contributed by atoms with Gasteiger partial charge in [-0.05, 0) is 19.3 Å². The Morgan fingerprint density at radius 1 is 0.682 bits per heavy atom. The minimum atomic E-state index is -0.410. The number of rotatable bonds is 18. The van der Waals surface area contributed by atoms with Crippen molar-refractivity contribution in [1.82, 2.24) is 0 Å². The van der Waals surface area contributed by atoms with E-state index in [1.165, 1.54) is 89.9 Å². The van der Waals surface area contributed by atoms with E-state index >= 15 is 0 Å². The first-order chi connectivity index (χ1) is 10.8. The third-order valence-corrected chi connectivity index (χ3v) is 4.42. The Kier molecular flexibility index (Phi) is 18.9. The largest absolute Gasteiger partial charge is 0.396 e. The van der Waals surface area contributed by atoms with Crippen LogP contribution >= 0.6 is 0 Å². The second-order valence-electron chi connectivity index (χ2n) is 6.70. The van der Waals surface area contributed by atoms with Crippen LogP contribution < -0.4 is 0 Å². The summed E-state index contributed by atoms with van der Waals surface area (Å²) in [5, 5.41) is 18.1. The highest BCUT2D eigenvalue weighted by Crippen LogP contribution is 2.14. The van der Waals surface area contributed by atoms with Gasteiger partial charge in [0.15, 0.2) is 0 Å². The minimum absolute atomic E-state index is 0.0798. The van der Waals surface area contributed by atoms with Crippen LogP contribution in [-0.4, -0.2) is 22.9 Å². The van der Waals surface area contributed by atoms with E-state index in [1.807, 2.05) is 6.42 Å². The van der Waals surface area contributed by atoms with Gasteiger partial charge in [0.1, 0.15) is 0 Å². The molecule has 0 saturated heterocycles. The molecule has 0 rings (SSSR count). The highest BCUT2D eigenvalue weighted by Gasteiger charge is 2.02. The van der Waals surface area contributed by atoms with Crippen LogP contribution in [0.5, 0.6) is 0 Å². The third kappa shape index (κ3) is 18.0. The molecule has 2 heteroatoms. The molecule has 1 atom stereocenters. The van der Waals surface area contributed by atoms with E-state index in [-0.39, 0.29) is 6.61 Å². The molecule has 0 aliphatic rings. The van der Waals surface area contributed by atoms with Gasteiger partial charge in [-0.3, -0.25) is 0 Å². The van der Waals surface area contributed by atoms with Gasteiger partial charge >= 0.3 is 0 Å². The normalized spacial score (nSPS) is 12.7. The quantitative estimate of drug-likeness (QED) is 0.314. The lowest BCUT2D eigenvalue weighted by atomic mass is 10.0. The van der Waals surface area contributed by atoms with Crippen molar-refractivity contribution in [3.05, 3.63) is 6.42 Å². The molecule has 0 aromatic heterocycles. The number of aliphatic hydroxyl groups excluding tert-OH is 2. The van der Waals surface area contributed by atoms with Crippen molar-refractivity contribution >= 4 is 0 Å². The lowest BCUT2D eigenvalue weighted by molar-refractivity contribution is 0.154. The molecular weight excluding hydrogens is 272 g/mol. The fourth-order valence-corrected chi connectivity index (χ4v) is 2.90. The van der Waals surface area contributed by atoms with Crippen LogP contribution in [0.15, 0.2) is 0 Å². The second kappa shape index (κ2) is 19.0. The maximum Gasteiger partial charge on any atom is 0.0593 e. The predicted molar refractivity (Wildman–Crippen MR) is 96.9 cm³/mol. The monoisotopic (exact) mass is 313 g/mol. The first-order valence-electron chi connectivity index (χ1n) is 9.93. The maximum atomic E-state index is 9.44. The molecule has 22 heavy (non-hydrogen) atoms. The van der Waals surface area contributed by atoms with E-state index in [0.29, 0.717) is 6.42 Å². The van der Waals surface area contributed by atoms with E-state index in [2.05, 4.69) is 6.92 Å². The van der Waals surface area contributed by atoms with Gasteiger partial charge in [0, 0.05) is 6.61 Å². The Morgan fingerprint density at radius 2 is 1.09 bits per heavy atom. The Labute approximate surface area is 139 Å². The van der Waals surface area contributed by atoms with Crippen LogP contribution in [0.4, 0.5) is 0 Å². The van der Waals surface area contributed by atoms with Crippen LogP contribution in [0.25, 0.3) is 0 Å². The van der Waals surface area contributed by atoms with Crippen LogP contribution in [0, 0.1) is 6.42 Å². The molecule has 0 aromatic carbocycles. The first kappa shape index (κ1) is 21.9. The highest BCUT2D eigenvalue weighted by atomic mass is 16.3. The van der Waals surface area contributed by atoms with Gasteiger partial charge < -0.3 is 10.2 Å². The summed E-state index contributed by atoms with van der Waals surface area (Å²) in [5.74, 6) is 0. The fourth-order valence-electron chi connectivity index (χ4n) is 2.90. The molecule has 0 fully saturated rings. The average Bonchev–Trinajstić information content (AvgIpc) is 2.51. The van der Waals surface area contributed by atoms with Gasteiger partial charge in [-0.25, -0.2) is 0 Å². The molecule has 1 radical (unpaired) electrons. The third-order valence-electron chi connectivity index (χ3n) is 4.42. The van der Waals surface area contributed by atoms with E-state index in [4.69, 9.17) is 5.11 Å². The lowest BCUT2D eigenvalue weighted by Crippen LogP contribution is -2.09. The van der Waals surface area contributed by atoms with Crippen molar-refractivity contribution in [2.75, 3.05) is 6.61 Å². The van der Waals surface area contributed by atoms with Gasteiger partial charge in [-0.1, -0.05) is 96.8 Å². The first-order valence-corrected chi connectivity index (χ1v) is 9.93. The average molecular weight is 314 g/mol. The molecule has 0 aliphatic heterocycles. The Balaban J connectivity index is 3.00. The van der Waals surface area contributed by atoms with E-state index < -0.39 is 6.10 Å². The van der Waals surface area contributed by atoms with Gasteiger partial charge in [0.05, 0.1) is 6.10 Å². The zero-order chi connectivity index (χ0) is 16.3. The molecule has 0 aromatic rings. The maximum absolute atomic E-state index is 9.44. The number of unbranched alkanes of at least 4 members (excludes halogenated alkanes) is 14. The van der Waals surface area contributed by atoms with Crippen LogP contribution in [0.2, 0.25) is 0 Å². The molecule has 0 heterocycles. The Morgan fingerprint density at radius 3 is 1.50 bits per heavy atom. The topological polar surface area (TPSA) is 40.5 Å². The summed E-state index contributed by atoms with van der Waals surface area (Å²) in [6.07, 6.45) is 22.4. The summed E-state index contributed by atoms with van der Waals surface area (Å²) < 4.78 is 0. The van der Waals surface area contributed by atoms with Crippen LogP contribution in [0.1, 0.15) is 110 Å². The number of hydrogen-bond acceptors (Lipinski definition) is 2. The smallest absolute Gasteiger partial charge is 0.0593 e. The summed E-state index contributed by atoms with van der Waals surface area (Å²) in [6, 6.07) is 0. The van der Waals surface area contributed by atoms with E-state index in [9.17, 15) is 5.11 Å². The number of aliphatic hydroxyl groups is 2. The Hall–Kier alpha value is -0.0800. The van der Waals surface area contributed by atoms with E-state index in [0.717, 1.165) is 6.42 Å². The zero-order valence-corrected chi connectivity index (χ0v) is 15.1. The molecule has 0 aliphatic carbocycles. The van der Waals surface area contributed by atoms with Crippen LogP contribution in [-0.2, 0) is 0 Å². The van der Waals surface area contributed by atoms with E-state index in [1.54, 1.807) is 0 Å². The van der Waals surface area contributed by atoms with Crippen molar-refractivity contribution < 1.29 is 10.2 Å². The molecular formula is C20H41O2. The molecule has 0 bridgehead atoms. The fraction of sp³-hybridized carbons (Fsp3) is 0.950. The second-order valence-corrected chi connectivity index (χ2v) is 6.70. The summed E-state index contributed by atoms with van der Waals surface area (Å²) in [7, 11) is 0. The highest BCUT2D eigenvalue weighted by molar-refractivity contribution is 4.74. The lowest BCUT2D eigenvalue weighted by Gasteiger charge is -2.07. The molecule has 2 N–H and O–H groups in total. The van der Waals surface area contributed by atoms with Gasteiger partial charge in [0.2, 0.25) is 0 Å². The molecule has 133 valence electrons. The van der Waals surface area contributed by atoms with Gasteiger partial charge in [-0.2, -0.15) is 0 Å². The van der Waals surface area contributed by atoms with Crippen molar-refractivity contribution in [2.24, 2.45) is 0 Å². The summed E-state index contributed by atoms with van der Waals surface area (Å²) >= 11 is 0. The molecule has 0 spiro atoms. The SMILES string of the molecule is CCCCCCCCCCCCCCCC[CH]C(O)CCO. The molecule has 0 amide bonds. The standard InChI is InChI=1S/C20H41O2/c1-2-3-4-5-6-7-8-9-10-11-12-13-14-15-16-17-20(22)18-19-21/h17,20-22H,2-16,18-19H2,1H3. The van der Waals surface area contributed by atoms with Crippen LogP contribution in [0.3, 0.4) is 0 Å².